The molecule has 0 radical (unpaired) electrons. The molecule has 2 aliphatic rings. The van der Waals surface area contributed by atoms with E-state index < -0.39 is 21.5 Å². The third kappa shape index (κ3) is 4.50. The van der Waals surface area contributed by atoms with E-state index in [9.17, 15) is 22.0 Å². The Balaban J connectivity index is 1.27. The van der Waals surface area contributed by atoms with Gasteiger partial charge in [0, 0.05) is 47.1 Å². The minimum atomic E-state index is -3.80. The number of anilines is 1. The second kappa shape index (κ2) is 9.90. The minimum Gasteiger partial charge on any atom is -0.382 e. The molecule has 43 heavy (non-hydrogen) atoms. The maximum atomic E-state index is 13.8. The van der Waals surface area contributed by atoms with Crippen LogP contribution in [0.25, 0.3) is 28.0 Å². The molecule has 2 saturated heterocycles. The third-order valence-electron chi connectivity index (χ3n) is 8.30. The average Bonchev–Trinajstić information content (AvgIpc) is 3.72. The fourth-order valence-corrected chi connectivity index (χ4v) is 7.48. The van der Waals surface area contributed by atoms with Gasteiger partial charge in [-0.25, -0.2) is 22.2 Å². The summed E-state index contributed by atoms with van der Waals surface area (Å²) < 4.78 is 54.6. The van der Waals surface area contributed by atoms with Crippen LogP contribution in [-0.2, 0) is 9.84 Å². The molecule has 12 nitrogen and oxygen atoms in total. The molecular weight excluding hydrogens is 580 g/mol. The first-order valence-corrected chi connectivity index (χ1v) is 15.5. The van der Waals surface area contributed by atoms with E-state index in [4.69, 9.17) is 10.7 Å². The molecule has 15 heteroatoms. The van der Waals surface area contributed by atoms with Crippen LogP contribution in [-0.4, -0.2) is 72.3 Å². The molecule has 2 bridgehead atoms. The van der Waals surface area contributed by atoms with Gasteiger partial charge in [0.15, 0.2) is 27.1 Å². The van der Waals surface area contributed by atoms with Crippen LogP contribution < -0.4 is 5.73 Å². The first-order valence-electron chi connectivity index (χ1n) is 13.6. The summed E-state index contributed by atoms with van der Waals surface area (Å²) in [6, 6.07) is 6.73. The number of rotatable bonds is 5. The zero-order valence-electron chi connectivity index (χ0n) is 22.8. The number of pyridine rings is 1. The maximum absolute atomic E-state index is 13.8. The SMILES string of the molecule is CS(=O)(=O)c1c(C2CC3CCC(C2)N3C(=O)c2nnc[nH]2)nc2c(-c3ccc(-c4ccc(F)c(F)c4)nc3)cnn2c1N. The van der Waals surface area contributed by atoms with Gasteiger partial charge in [0.25, 0.3) is 5.91 Å². The molecule has 0 saturated carbocycles. The number of amides is 1. The fraction of sp³-hybridized carbons (Fsp3) is 0.286. The highest BCUT2D eigenvalue weighted by molar-refractivity contribution is 7.91. The van der Waals surface area contributed by atoms with Crippen LogP contribution in [0.1, 0.15) is 47.9 Å². The van der Waals surface area contributed by atoms with Crippen molar-refractivity contribution in [2.24, 2.45) is 0 Å². The number of carbonyl (C=O) groups is 1. The van der Waals surface area contributed by atoms with Crippen LogP contribution >= 0.6 is 0 Å². The molecule has 1 amide bonds. The Kier molecular flexibility index (Phi) is 6.23. The van der Waals surface area contributed by atoms with E-state index in [2.05, 4.69) is 25.3 Å². The molecule has 220 valence electrons. The number of fused-ring (bicyclic) bond motifs is 3. The molecule has 2 fully saturated rings. The Bertz CT molecular complexity index is 1980. The van der Waals surface area contributed by atoms with E-state index >= 15 is 0 Å². The van der Waals surface area contributed by atoms with Crippen LogP contribution in [0.2, 0.25) is 0 Å². The summed E-state index contributed by atoms with van der Waals surface area (Å²) >= 11 is 0. The van der Waals surface area contributed by atoms with Gasteiger partial charge in [0.05, 0.1) is 17.6 Å². The van der Waals surface area contributed by atoms with Crippen LogP contribution in [0.5, 0.6) is 0 Å². The molecule has 1 aromatic carbocycles. The molecule has 0 spiro atoms. The molecule has 5 aromatic rings. The van der Waals surface area contributed by atoms with Crippen molar-refractivity contribution < 1.29 is 22.0 Å². The van der Waals surface area contributed by atoms with Gasteiger partial charge in [-0.3, -0.25) is 9.78 Å². The first-order chi connectivity index (χ1) is 20.6. The quantitative estimate of drug-likeness (QED) is 0.305. The molecule has 3 N–H and O–H groups in total. The van der Waals surface area contributed by atoms with Crippen molar-refractivity contribution >= 4 is 27.2 Å². The summed E-state index contributed by atoms with van der Waals surface area (Å²) in [7, 11) is -3.80. The summed E-state index contributed by atoms with van der Waals surface area (Å²) in [5.41, 5.74) is 9.22. The number of piperidine rings is 1. The number of aromatic amines is 1. The molecule has 0 aliphatic carbocycles. The highest BCUT2D eigenvalue weighted by Gasteiger charge is 2.46. The van der Waals surface area contributed by atoms with Gasteiger partial charge in [-0.2, -0.15) is 9.61 Å². The normalized spacial score (nSPS) is 20.2. The smallest absolute Gasteiger partial charge is 0.292 e. The maximum Gasteiger partial charge on any atom is 0.292 e. The summed E-state index contributed by atoms with van der Waals surface area (Å²) in [6.07, 6.45) is 8.12. The van der Waals surface area contributed by atoms with Gasteiger partial charge in [0.1, 0.15) is 17.0 Å². The van der Waals surface area contributed by atoms with Gasteiger partial charge in [-0.15, -0.1) is 10.2 Å². The number of nitrogen functional groups attached to an aromatic ring is 1. The Morgan fingerprint density at radius 1 is 1.05 bits per heavy atom. The van der Waals surface area contributed by atoms with E-state index in [1.165, 1.54) is 23.1 Å². The van der Waals surface area contributed by atoms with Gasteiger partial charge in [-0.05, 0) is 49.9 Å². The van der Waals surface area contributed by atoms with Crippen molar-refractivity contribution in [3.63, 3.8) is 0 Å². The van der Waals surface area contributed by atoms with Crippen molar-refractivity contribution in [2.45, 2.75) is 48.6 Å². The van der Waals surface area contributed by atoms with Crippen molar-refractivity contribution in [1.29, 1.82) is 0 Å². The number of nitrogens with one attached hydrogen (secondary N) is 1. The fourth-order valence-electron chi connectivity index (χ4n) is 6.42. The van der Waals surface area contributed by atoms with Crippen molar-refractivity contribution in [2.75, 3.05) is 12.0 Å². The van der Waals surface area contributed by atoms with Gasteiger partial charge < -0.3 is 15.6 Å². The van der Waals surface area contributed by atoms with Crippen LogP contribution in [0, 0.1) is 11.6 Å². The number of benzene rings is 1. The van der Waals surface area contributed by atoms with Crippen molar-refractivity contribution in [3.8, 4) is 22.4 Å². The number of carbonyl (C=O) groups excluding carboxylic acids is 1. The number of nitrogens with zero attached hydrogens (tertiary/aromatic N) is 7. The molecule has 2 aliphatic heterocycles. The molecule has 4 aromatic heterocycles. The largest absolute Gasteiger partial charge is 0.382 e. The third-order valence-corrected chi connectivity index (χ3v) is 9.46. The summed E-state index contributed by atoms with van der Waals surface area (Å²) in [4.78, 5) is 27.0. The predicted molar refractivity (Wildman–Crippen MR) is 150 cm³/mol. The van der Waals surface area contributed by atoms with Crippen LogP contribution in [0.4, 0.5) is 14.6 Å². The molecule has 2 unspecified atom stereocenters. The van der Waals surface area contributed by atoms with Gasteiger partial charge >= 0.3 is 0 Å². The van der Waals surface area contributed by atoms with Crippen molar-refractivity contribution in [1.82, 2.24) is 39.7 Å². The lowest BCUT2D eigenvalue weighted by atomic mass is 9.87. The molecule has 7 rings (SSSR count). The summed E-state index contributed by atoms with van der Waals surface area (Å²) in [5, 5.41) is 11.9. The number of hydrogen-bond acceptors (Lipinski definition) is 9. The van der Waals surface area contributed by atoms with E-state index in [0.717, 1.165) is 31.2 Å². The van der Waals surface area contributed by atoms with E-state index in [-0.39, 0.29) is 40.4 Å². The lowest BCUT2D eigenvalue weighted by Gasteiger charge is -2.38. The number of sulfone groups is 1. The Morgan fingerprint density at radius 2 is 1.79 bits per heavy atom. The van der Waals surface area contributed by atoms with Crippen molar-refractivity contribution in [3.05, 3.63) is 72.2 Å². The van der Waals surface area contributed by atoms with Gasteiger partial charge in [-0.1, -0.05) is 6.07 Å². The van der Waals surface area contributed by atoms with Crippen LogP contribution in [0.3, 0.4) is 0 Å². The average molecular weight is 606 g/mol. The van der Waals surface area contributed by atoms with E-state index in [1.54, 1.807) is 18.3 Å². The van der Waals surface area contributed by atoms with E-state index in [0.29, 0.717) is 46.6 Å². The summed E-state index contributed by atoms with van der Waals surface area (Å²) in [5.74, 6) is -2.30. The first kappa shape index (κ1) is 27.1. The monoisotopic (exact) mass is 605 g/mol. The lowest BCUT2D eigenvalue weighted by Crippen LogP contribution is -2.46. The Labute approximate surface area is 243 Å². The molecule has 2 atom stereocenters. The number of nitrogens with two attached hydrogens (primary N) is 1. The number of aromatic nitrogens is 7. The van der Waals surface area contributed by atoms with Crippen LogP contribution in [0.15, 0.2) is 53.9 Å². The zero-order chi connectivity index (χ0) is 30.0. The van der Waals surface area contributed by atoms with Gasteiger partial charge in [0.2, 0.25) is 5.82 Å². The predicted octanol–water partition coefficient (Wildman–Crippen LogP) is 3.39. The Morgan fingerprint density at radius 3 is 2.42 bits per heavy atom. The topological polar surface area (TPSA) is 165 Å². The summed E-state index contributed by atoms with van der Waals surface area (Å²) in [6.45, 7) is 0. The highest BCUT2D eigenvalue weighted by atomic mass is 32.2. The second-order valence-electron chi connectivity index (χ2n) is 10.9. The molecular formula is C28H25F2N9O3S. The lowest BCUT2D eigenvalue weighted by molar-refractivity contribution is 0.0556. The Hall–Kier alpha value is -4.79. The second-order valence-corrected chi connectivity index (χ2v) is 12.9. The highest BCUT2D eigenvalue weighted by Crippen LogP contribution is 2.45. The number of hydrogen-bond donors (Lipinski definition) is 2. The number of halogens is 2. The standard InChI is InChI=1S/C28H25F2N9O3S/c1-43(41,42)24-23(16-8-17-4-5-18(9-16)38(17)28(40)26-33-13-34-37-26)36-27-19(12-35-39(27)25(24)31)15-3-7-22(32-11-15)14-2-6-20(29)21(30)10-14/h2-3,6-7,10-13,16-18H,4-5,8-9,31H2,1H3,(H,33,34,37). The van der Waals surface area contributed by atoms with E-state index in [1.807, 2.05) is 4.90 Å². The molecule has 6 heterocycles. The zero-order valence-corrected chi connectivity index (χ0v) is 23.6. The minimum absolute atomic E-state index is 0.0485. The number of H-pyrrole nitrogens is 1.